The number of Topliss-reactive ketones (excluding diaryl/α,β-unsaturated/α-hetero) is 1. The number of aromatic nitrogens is 1. The molecule has 1 aromatic heterocycles. The van der Waals surface area contributed by atoms with Gasteiger partial charge < -0.3 is 19.5 Å². The first-order valence-corrected chi connectivity index (χ1v) is 9.44. The van der Waals surface area contributed by atoms with Crippen LogP contribution >= 0.6 is 0 Å². The fourth-order valence-corrected chi connectivity index (χ4v) is 3.48. The number of hydrogen-bond acceptors (Lipinski definition) is 6. The van der Waals surface area contributed by atoms with Gasteiger partial charge in [-0.2, -0.15) is 0 Å². The average Bonchev–Trinajstić information content (AvgIpc) is 3.02. The standard InChI is InChI=1S/C22H24N2O5/c1-4-5-12-24-19(14-8-10-23-11-9-14)18(21(26)22(24)27)20(25)16-13-15(28-2)6-7-17(16)29-3/h6-11,13,19,25H,4-5,12H2,1-3H3/b20-18+. The van der Waals surface area contributed by atoms with Crippen LogP contribution < -0.4 is 9.47 Å². The Labute approximate surface area is 169 Å². The zero-order valence-electron chi connectivity index (χ0n) is 16.7. The van der Waals surface area contributed by atoms with Gasteiger partial charge in [0.2, 0.25) is 0 Å². The number of aliphatic hydroxyl groups is 1. The minimum Gasteiger partial charge on any atom is -0.507 e. The molecule has 0 spiro atoms. The number of pyridine rings is 1. The van der Waals surface area contributed by atoms with Gasteiger partial charge in [-0.05, 0) is 42.3 Å². The SMILES string of the molecule is CCCCN1C(=O)C(=O)/C(=C(/O)c2cc(OC)ccc2OC)C1c1ccncc1. The van der Waals surface area contributed by atoms with Crippen molar-refractivity contribution in [2.75, 3.05) is 20.8 Å². The van der Waals surface area contributed by atoms with Crippen molar-refractivity contribution < 1.29 is 24.2 Å². The zero-order chi connectivity index (χ0) is 21.0. The van der Waals surface area contributed by atoms with E-state index in [0.717, 1.165) is 12.8 Å². The summed E-state index contributed by atoms with van der Waals surface area (Å²) in [6.07, 6.45) is 4.82. The van der Waals surface area contributed by atoms with Gasteiger partial charge in [0.15, 0.2) is 0 Å². The Hall–Kier alpha value is -3.35. The highest BCUT2D eigenvalue weighted by Gasteiger charge is 2.46. The monoisotopic (exact) mass is 396 g/mol. The van der Waals surface area contributed by atoms with Gasteiger partial charge in [-0.3, -0.25) is 14.6 Å². The maximum absolute atomic E-state index is 12.9. The molecule has 3 rings (SSSR count). The Morgan fingerprint density at radius 2 is 1.86 bits per heavy atom. The van der Waals surface area contributed by atoms with E-state index >= 15 is 0 Å². The van der Waals surface area contributed by atoms with Gasteiger partial charge in [0.25, 0.3) is 11.7 Å². The number of methoxy groups -OCH3 is 2. The summed E-state index contributed by atoms with van der Waals surface area (Å²) in [6.45, 7) is 2.43. The van der Waals surface area contributed by atoms with Gasteiger partial charge in [0.1, 0.15) is 17.3 Å². The number of carbonyl (C=O) groups is 2. The first-order valence-electron chi connectivity index (χ1n) is 9.44. The molecule has 1 N–H and O–H groups in total. The number of likely N-dealkylation sites (tertiary alicyclic amines) is 1. The van der Waals surface area contributed by atoms with Crippen LogP contribution in [0.3, 0.4) is 0 Å². The highest BCUT2D eigenvalue weighted by Crippen LogP contribution is 2.41. The number of hydrogen-bond donors (Lipinski definition) is 1. The lowest BCUT2D eigenvalue weighted by molar-refractivity contribution is -0.139. The van der Waals surface area contributed by atoms with Crippen molar-refractivity contribution in [2.45, 2.75) is 25.8 Å². The number of unbranched alkanes of at least 4 members (excludes halogenated alkanes) is 1. The van der Waals surface area contributed by atoms with Crippen LogP contribution in [0.2, 0.25) is 0 Å². The second-order valence-electron chi connectivity index (χ2n) is 6.69. The molecule has 1 aliphatic rings. The minimum atomic E-state index is -0.717. The van der Waals surface area contributed by atoms with Gasteiger partial charge in [-0.25, -0.2) is 0 Å². The largest absolute Gasteiger partial charge is 0.507 e. The molecule has 0 aliphatic carbocycles. The summed E-state index contributed by atoms with van der Waals surface area (Å²) in [5.74, 6) is -0.765. The number of ether oxygens (including phenoxy) is 2. The Bertz CT molecular complexity index is 939. The van der Waals surface area contributed by atoms with E-state index in [4.69, 9.17) is 9.47 Å². The first kappa shape index (κ1) is 20.4. The van der Waals surface area contributed by atoms with Gasteiger partial charge in [-0.15, -0.1) is 0 Å². The van der Waals surface area contributed by atoms with Crippen LogP contribution in [-0.4, -0.2) is 47.4 Å². The predicted octanol–water partition coefficient (Wildman–Crippen LogP) is 3.32. The van der Waals surface area contributed by atoms with Crippen LogP contribution in [0.15, 0.2) is 48.3 Å². The van der Waals surface area contributed by atoms with Gasteiger partial charge in [-0.1, -0.05) is 13.3 Å². The molecule has 1 amide bonds. The Morgan fingerprint density at radius 1 is 1.14 bits per heavy atom. The number of amides is 1. The highest BCUT2D eigenvalue weighted by molar-refractivity contribution is 6.46. The van der Waals surface area contributed by atoms with Crippen LogP contribution in [0.5, 0.6) is 11.5 Å². The van der Waals surface area contributed by atoms with Gasteiger partial charge in [0.05, 0.1) is 31.4 Å². The molecule has 1 saturated heterocycles. The lowest BCUT2D eigenvalue weighted by atomic mass is 9.95. The first-order chi connectivity index (χ1) is 14.0. The summed E-state index contributed by atoms with van der Waals surface area (Å²) in [5, 5.41) is 11.1. The third-order valence-electron chi connectivity index (χ3n) is 4.98. The second-order valence-corrected chi connectivity index (χ2v) is 6.69. The fourth-order valence-electron chi connectivity index (χ4n) is 3.48. The molecule has 2 aromatic rings. The average molecular weight is 396 g/mol. The molecule has 2 heterocycles. The molecule has 0 radical (unpaired) electrons. The molecular formula is C22H24N2O5. The normalized spacial score (nSPS) is 18.2. The van der Waals surface area contributed by atoms with Gasteiger partial charge in [0, 0.05) is 18.9 Å². The van der Waals surface area contributed by atoms with Crippen LogP contribution in [0.25, 0.3) is 5.76 Å². The second kappa shape index (κ2) is 8.77. The maximum atomic E-state index is 12.9. The molecular weight excluding hydrogens is 372 g/mol. The van der Waals surface area contributed by atoms with Crippen molar-refractivity contribution in [2.24, 2.45) is 0 Å². The van der Waals surface area contributed by atoms with E-state index in [-0.39, 0.29) is 11.3 Å². The molecule has 152 valence electrons. The number of ketones is 1. The van der Waals surface area contributed by atoms with Crippen LogP contribution in [0.4, 0.5) is 0 Å². The number of aliphatic hydroxyl groups excluding tert-OH is 1. The van der Waals surface area contributed by atoms with Crippen molar-refractivity contribution in [1.29, 1.82) is 0 Å². The Kier molecular flexibility index (Phi) is 6.16. The molecule has 29 heavy (non-hydrogen) atoms. The summed E-state index contributed by atoms with van der Waals surface area (Å²) in [6, 6.07) is 7.70. The summed E-state index contributed by atoms with van der Waals surface area (Å²) in [4.78, 5) is 31.2. The smallest absolute Gasteiger partial charge is 0.295 e. The van der Waals surface area contributed by atoms with E-state index in [1.165, 1.54) is 19.1 Å². The molecule has 1 aliphatic heterocycles. The van der Waals surface area contributed by atoms with Crippen molar-refractivity contribution in [3.05, 3.63) is 59.4 Å². The number of carbonyl (C=O) groups excluding carboxylic acids is 2. The maximum Gasteiger partial charge on any atom is 0.295 e. The lowest BCUT2D eigenvalue weighted by Gasteiger charge is -2.25. The number of nitrogens with zero attached hydrogens (tertiary/aromatic N) is 2. The molecule has 0 bridgehead atoms. The zero-order valence-corrected chi connectivity index (χ0v) is 16.7. The summed E-state index contributed by atoms with van der Waals surface area (Å²) < 4.78 is 10.6. The molecule has 0 saturated carbocycles. The predicted molar refractivity (Wildman–Crippen MR) is 108 cm³/mol. The molecule has 1 aromatic carbocycles. The van der Waals surface area contributed by atoms with E-state index in [1.807, 2.05) is 6.92 Å². The number of benzene rings is 1. The topological polar surface area (TPSA) is 89.0 Å². The Morgan fingerprint density at radius 3 is 2.48 bits per heavy atom. The van der Waals surface area contributed by atoms with Crippen LogP contribution in [-0.2, 0) is 9.59 Å². The fraction of sp³-hybridized carbons (Fsp3) is 0.318. The van der Waals surface area contributed by atoms with Gasteiger partial charge >= 0.3 is 0 Å². The van der Waals surface area contributed by atoms with E-state index in [2.05, 4.69) is 4.98 Å². The number of rotatable bonds is 7. The summed E-state index contributed by atoms with van der Waals surface area (Å²) in [5.41, 5.74) is 1.03. The molecule has 7 heteroatoms. The lowest BCUT2D eigenvalue weighted by Crippen LogP contribution is -2.30. The summed E-state index contributed by atoms with van der Waals surface area (Å²) >= 11 is 0. The quantitative estimate of drug-likeness (QED) is 0.439. The van der Waals surface area contributed by atoms with Crippen molar-refractivity contribution >= 4 is 17.4 Å². The van der Waals surface area contributed by atoms with Crippen molar-refractivity contribution in [1.82, 2.24) is 9.88 Å². The van der Waals surface area contributed by atoms with E-state index in [9.17, 15) is 14.7 Å². The molecule has 1 fully saturated rings. The van der Waals surface area contributed by atoms with E-state index < -0.39 is 17.7 Å². The van der Waals surface area contributed by atoms with Crippen molar-refractivity contribution in [3.8, 4) is 11.5 Å². The van der Waals surface area contributed by atoms with Crippen LogP contribution in [0.1, 0.15) is 36.9 Å². The van der Waals surface area contributed by atoms with E-state index in [0.29, 0.717) is 29.2 Å². The third kappa shape index (κ3) is 3.81. The van der Waals surface area contributed by atoms with Crippen LogP contribution in [0, 0.1) is 0 Å². The van der Waals surface area contributed by atoms with Crippen molar-refractivity contribution in [3.63, 3.8) is 0 Å². The third-order valence-corrected chi connectivity index (χ3v) is 4.98. The molecule has 1 unspecified atom stereocenters. The summed E-state index contributed by atoms with van der Waals surface area (Å²) in [7, 11) is 2.98. The Balaban J connectivity index is 2.21. The minimum absolute atomic E-state index is 0.0313. The molecule has 7 nitrogen and oxygen atoms in total. The highest BCUT2D eigenvalue weighted by atomic mass is 16.5. The molecule has 1 atom stereocenters. The van der Waals surface area contributed by atoms with E-state index in [1.54, 1.807) is 42.7 Å².